The Morgan fingerprint density at radius 3 is 2.56 bits per heavy atom. The largest absolute Gasteiger partial charge is 0.508 e. The number of dihydropyridines is 1. The van der Waals surface area contributed by atoms with Crippen LogP contribution in [0.2, 0.25) is 0 Å². The zero-order valence-corrected chi connectivity index (χ0v) is 36.1. The van der Waals surface area contributed by atoms with Gasteiger partial charge in [-0.05, 0) is 109 Å². The summed E-state index contributed by atoms with van der Waals surface area (Å²) in [4.78, 5) is 45.1. The van der Waals surface area contributed by atoms with Gasteiger partial charge >= 0.3 is 5.97 Å². The predicted molar refractivity (Wildman–Crippen MR) is 242 cm³/mol. The fraction of sp³-hybridized carbons (Fsp3) is 0.353. The average molecular weight is 853 g/mol. The molecule has 0 saturated heterocycles. The van der Waals surface area contributed by atoms with Crippen LogP contribution < -0.4 is 15.0 Å². The molecule has 0 fully saturated rings. The van der Waals surface area contributed by atoms with Gasteiger partial charge < -0.3 is 44.6 Å². The van der Waals surface area contributed by atoms with Crippen molar-refractivity contribution in [3.8, 4) is 23.0 Å². The van der Waals surface area contributed by atoms with Gasteiger partial charge in [-0.1, -0.05) is 42.5 Å². The van der Waals surface area contributed by atoms with Crippen molar-refractivity contribution < 1.29 is 39.2 Å². The van der Waals surface area contributed by atoms with E-state index in [1.54, 1.807) is 19.1 Å². The lowest BCUT2D eigenvalue weighted by atomic mass is 9.75. The molecule has 1 aliphatic carbocycles. The van der Waals surface area contributed by atoms with E-state index in [-0.39, 0.29) is 59.4 Å². The number of nitrogens with one attached hydrogen (secondary N) is 2. The third kappa shape index (κ3) is 9.55. The minimum Gasteiger partial charge on any atom is -0.508 e. The number of carbonyl (C=O) groups is 3. The number of benzene rings is 3. The molecule has 5 aromatic rings. The van der Waals surface area contributed by atoms with E-state index in [2.05, 4.69) is 58.0 Å². The molecule has 4 heterocycles. The first-order valence-electron chi connectivity index (χ1n) is 21.9. The van der Waals surface area contributed by atoms with Gasteiger partial charge in [-0.15, -0.1) is 0 Å². The third-order valence-electron chi connectivity index (χ3n) is 12.9. The number of allylic oxidation sites excluding steroid dienone is 4. The Hall–Kier alpha value is -6.69. The highest BCUT2D eigenvalue weighted by molar-refractivity contribution is 5.95. The number of Topliss-reactive ketones (excluding diaryl/α,β-unsaturated/α-hetero) is 2. The van der Waals surface area contributed by atoms with Crippen molar-refractivity contribution in [1.29, 1.82) is 0 Å². The molecule has 0 radical (unpaired) electrons. The number of carbonyl (C=O) groups excluding carboxylic acids is 3. The maximum atomic E-state index is 14.4. The molecule has 0 saturated carbocycles. The summed E-state index contributed by atoms with van der Waals surface area (Å²) in [6.07, 6.45) is 20.4. The van der Waals surface area contributed by atoms with Gasteiger partial charge in [0.25, 0.3) is 0 Å². The minimum absolute atomic E-state index is 0.00527. The fourth-order valence-corrected chi connectivity index (χ4v) is 9.79. The molecule has 8 rings (SSSR count). The lowest BCUT2D eigenvalue weighted by molar-refractivity contribution is -0.148. The Balaban J connectivity index is 1.30. The number of nitrogens with zero attached hydrogens (tertiary/aromatic N) is 2. The highest BCUT2D eigenvalue weighted by atomic mass is 16.5. The van der Waals surface area contributed by atoms with E-state index < -0.39 is 23.9 Å². The van der Waals surface area contributed by atoms with E-state index in [0.29, 0.717) is 37.9 Å². The first-order chi connectivity index (χ1) is 30.4. The number of esters is 1. The quantitative estimate of drug-likeness (QED) is 0.0606. The Morgan fingerprint density at radius 1 is 0.921 bits per heavy atom. The number of hydrogen-bond donors (Lipinski definition) is 5. The first kappa shape index (κ1) is 43.0. The molecule has 2 aliphatic heterocycles. The molecule has 3 aliphatic rings. The van der Waals surface area contributed by atoms with E-state index in [1.807, 2.05) is 47.3 Å². The van der Waals surface area contributed by atoms with Crippen molar-refractivity contribution in [2.24, 2.45) is 5.92 Å². The Bertz CT molecular complexity index is 2600. The molecule has 328 valence electrons. The smallest absolute Gasteiger partial charge is 0.302 e. The molecule has 2 aromatic heterocycles. The van der Waals surface area contributed by atoms with Crippen LogP contribution in [0.4, 0.5) is 5.69 Å². The summed E-state index contributed by atoms with van der Waals surface area (Å²) in [5.41, 5.74) is 5.80. The van der Waals surface area contributed by atoms with Gasteiger partial charge in [0.1, 0.15) is 29.2 Å². The van der Waals surface area contributed by atoms with Gasteiger partial charge in [-0.25, -0.2) is 0 Å². The predicted octanol–water partition coefficient (Wildman–Crippen LogP) is 8.99. The number of hydrogen-bond acceptors (Lipinski definition) is 10. The molecule has 5 atom stereocenters. The molecule has 12 heteroatoms. The summed E-state index contributed by atoms with van der Waals surface area (Å²) in [5, 5.41) is 37.6. The number of anilines is 1. The lowest BCUT2D eigenvalue weighted by Crippen LogP contribution is -2.35. The van der Waals surface area contributed by atoms with Crippen molar-refractivity contribution in [1.82, 2.24) is 14.9 Å². The van der Waals surface area contributed by atoms with Crippen LogP contribution in [0.1, 0.15) is 98.9 Å². The van der Waals surface area contributed by atoms with Crippen molar-refractivity contribution in [2.75, 3.05) is 25.1 Å². The third-order valence-corrected chi connectivity index (χ3v) is 12.9. The summed E-state index contributed by atoms with van der Waals surface area (Å²) in [6.45, 7) is 3.89. The van der Waals surface area contributed by atoms with Gasteiger partial charge in [-0.3, -0.25) is 14.4 Å². The van der Waals surface area contributed by atoms with Crippen LogP contribution in [0.5, 0.6) is 23.0 Å². The molecule has 0 spiro atoms. The molecule has 0 amide bonds. The van der Waals surface area contributed by atoms with Crippen LogP contribution in [-0.4, -0.2) is 68.7 Å². The van der Waals surface area contributed by atoms with Gasteiger partial charge in [0.05, 0.1) is 18.8 Å². The Morgan fingerprint density at radius 2 is 1.76 bits per heavy atom. The van der Waals surface area contributed by atoms with Gasteiger partial charge in [0, 0.05) is 86.7 Å². The van der Waals surface area contributed by atoms with E-state index >= 15 is 0 Å². The number of aromatic amines is 1. The first-order valence-corrected chi connectivity index (χ1v) is 21.9. The van der Waals surface area contributed by atoms with Crippen LogP contribution in [0, 0.1) is 5.92 Å². The summed E-state index contributed by atoms with van der Waals surface area (Å²) >= 11 is 0. The number of aromatic hydroxyl groups is 3. The number of ether oxygens (including phenoxy) is 2. The van der Waals surface area contributed by atoms with Crippen LogP contribution in [0.25, 0.3) is 10.8 Å². The number of rotatable bonds is 7. The standard InChI is InChI=1S/C51H56N4O8/c1-31(56)17-19-55-46-13-7-10-36-29-54(30-45(36)46)47(37-22-48(60)51(61)49(23-37)62-3)26-40(59)25-41(63-32(2)57)15-14-33-8-4-5-12-42(33)44-28-52-27-38(44)21-43(34-9-6-11-39(58)20-34)35-16-18-53-50(55)24-35/h5-7,9-13,16,20,22-24,27-30,33,41-43,47,52-53,58,60-61H,4,8,14-15,17-19,21,25-26H2,1-3H3/t33-,41-,42+,43+,47-/m1/s1. The number of methoxy groups -OCH3 is 1. The molecule has 12 nitrogen and oxygen atoms in total. The normalized spacial score (nSPS) is 21.9. The molecule has 0 unspecified atom stereocenters. The maximum Gasteiger partial charge on any atom is 0.302 e. The second-order valence-electron chi connectivity index (χ2n) is 17.1. The summed E-state index contributed by atoms with van der Waals surface area (Å²) < 4.78 is 13.3. The van der Waals surface area contributed by atoms with Crippen molar-refractivity contribution >= 4 is 34.0 Å². The fourth-order valence-electron chi connectivity index (χ4n) is 9.79. The summed E-state index contributed by atoms with van der Waals surface area (Å²) in [5.74, 6) is -0.0418. The van der Waals surface area contributed by atoms with Crippen LogP contribution in [0.3, 0.4) is 0 Å². The number of aromatic nitrogens is 2. The zero-order chi connectivity index (χ0) is 44.2. The van der Waals surface area contributed by atoms with Gasteiger partial charge in [0.15, 0.2) is 11.5 Å². The number of phenols is 3. The monoisotopic (exact) mass is 852 g/mol. The Labute approximate surface area is 367 Å². The van der Waals surface area contributed by atoms with E-state index in [1.165, 1.54) is 31.2 Å². The Kier molecular flexibility index (Phi) is 12.8. The number of ketones is 2. The highest BCUT2D eigenvalue weighted by Gasteiger charge is 2.31. The second-order valence-corrected chi connectivity index (χ2v) is 17.1. The molecule has 5 N–H and O–H groups in total. The topological polar surface area (TPSA) is 166 Å². The van der Waals surface area contributed by atoms with Crippen molar-refractivity contribution in [3.05, 3.63) is 137 Å². The lowest BCUT2D eigenvalue weighted by Gasteiger charge is -2.33. The van der Waals surface area contributed by atoms with E-state index in [9.17, 15) is 29.7 Å². The molecular weight excluding hydrogens is 797 g/mol. The molecular formula is C51H56N4O8. The number of H-pyrrole nitrogens is 1. The SMILES string of the molecule is COc1cc([C@H]2CC(=O)C[C@H](OC(C)=O)CC[C@H]3CCC=C[C@@H]3c3c[nH]cc3C[C@@H](c3cccc(O)c3)C3=CCNC(=C3)N(CCC(C)=O)c3cccc4cn2cc34)cc(O)c1O. The van der Waals surface area contributed by atoms with E-state index in [4.69, 9.17) is 9.47 Å². The molecule has 3 aromatic carbocycles. The van der Waals surface area contributed by atoms with Crippen LogP contribution in [0.15, 0.2) is 115 Å². The van der Waals surface area contributed by atoms with Crippen molar-refractivity contribution in [3.63, 3.8) is 0 Å². The van der Waals surface area contributed by atoms with Crippen molar-refractivity contribution in [2.45, 2.75) is 89.2 Å². The maximum absolute atomic E-state index is 14.4. The average Bonchev–Trinajstić information content (AvgIpc) is 3.92. The number of fused-ring (bicyclic) bond motifs is 5. The summed E-state index contributed by atoms with van der Waals surface area (Å²) in [6, 6.07) is 15.9. The second kappa shape index (κ2) is 18.7. The zero-order valence-electron chi connectivity index (χ0n) is 36.1. The number of phenolic OH excluding ortho intramolecular Hbond substituents is 3. The molecule has 4 bridgehead atoms. The van der Waals surface area contributed by atoms with Gasteiger partial charge in [-0.2, -0.15) is 0 Å². The highest BCUT2D eigenvalue weighted by Crippen LogP contribution is 2.44. The minimum atomic E-state index is -0.652. The van der Waals surface area contributed by atoms with Crippen LogP contribution >= 0.6 is 0 Å². The van der Waals surface area contributed by atoms with Gasteiger partial charge in [0.2, 0.25) is 5.75 Å². The van der Waals surface area contributed by atoms with E-state index in [0.717, 1.165) is 52.7 Å². The molecule has 63 heavy (non-hydrogen) atoms. The summed E-state index contributed by atoms with van der Waals surface area (Å²) in [7, 11) is 1.40. The van der Waals surface area contributed by atoms with Crippen LogP contribution in [-0.2, 0) is 25.5 Å².